The van der Waals surface area contributed by atoms with Gasteiger partial charge < -0.3 is 0 Å². The summed E-state index contributed by atoms with van der Waals surface area (Å²) in [6, 6.07) is 0. The second kappa shape index (κ2) is 3.16. The monoisotopic (exact) mass is 234 g/mol. The fraction of sp³-hybridized carbons (Fsp3) is 1.00. The Morgan fingerprint density at radius 3 is 1.31 bits per heavy atom. The molecule has 0 amide bonds. The van der Waals surface area contributed by atoms with Gasteiger partial charge in [-0.25, -0.2) is 0 Å². The molecular weight excluding hydrogens is 226 g/mol. The van der Waals surface area contributed by atoms with Gasteiger partial charge in [0.15, 0.2) is 0 Å². The molecule has 0 saturated heterocycles. The predicted molar refractivity (Wildman–Crippen MR) is 41.5 cm³/mol. The van der Waals surface area contributed by atoms with Crippen LogP contribution in [0.3, 0.4) is 0 Å². The Hall–Kier alpha value is -0.240. The molecule has 1 aliphatic rings. The van der Waals surface area contributed by atoms with Gasteiger partial charge in [0.1, 0.15) is 0 Å². The molecule has 1 saturated carbocycles. The van der Waals surface area contributed by atoms with Crippen molar-refractivity contribution in [3.8, 4) is 0 Å². The summed E-state index contributed by atoms with van der Waals surface area (Å²) < 4.78 is 65.9. The van der Waals surface area contributed by atoms with Crippen molar-refractivity contribution in [3.05, 3.63) is 0 Å². The van der Waals surface area contributed by atoms with Crippen LogP contribution in [0, 0.1) is 0 Å². The van der Waals surface area contributed by atoms with Crippen LogP contribution < -0.4 is 0 Å². The van der Waals surface area contributed by atoms with E-state index in [4.69, 9.17) is 0 Å². The molecular formula is C5H8F2O4S2. The predicted octanol–water partition coefficient (Wildman–Crippen LogP) is 0.506. The van der Waals surface area contributed by atoms with Crippen molar-refractivity contribution < 1.29 is 24.6 Å². The fourth-order valence-electron chi connectivity index (χ4n) is 1.41. The van der Waals surface area contributed by atoms with E-state index in [0.717, 1.165) is 0 Å². The Balaban J connectivity index is 2.77. The van der Waals surface area contributed by atoms with Crippen molar-refractivity contribution in [1.82, 2.24) is 0 Å². The molecule has 0 N–H and O–H groups in total. The van der Waals surface area contributed by atoms with Crippen molar-refractivity contribution >= 4 is 20.4 Å². The highest BCUT2D eigenvalue weighted by molar-refractivity contribution is 7.88. The van der Waals surface area contributed by atoms with Crippen molar-refractivity contribution in [3.63, 3.8) is 0 Å². The molecule has 8 heteroatoms. The van der Waals surface area contributed by atoms with E-state index in [-0.39, 0.29) is 12.8 Å². The summed E-state index contributed by atoms with van der Waals surface area (Å²) >= 11 is 0. The zero-order valence-electron chi connectivity index (χ0n) is 6.48. The summed E-state index contributed by atoms with van der Waals surface area (Å²) in [6.07, 6.45) is -0.739. The van der Waals surface area contributed by atoms with Gasteiger partial charge in [-0.05, 0) is 19.3 Å². The summed E-state index contributed by atoms with van der Waals surface area (Å²) in [6.45, 7) is 0. The highest BCUT2D eigenvalue weighted by atomic mass is 32.3. The lowest BCUT2D eigenvalue weighted by atomic mass is 10.4. The zero-order valence-corrected chi connectivity index (χ0v) is 8.11. The third-order valence-electron chi connectivity index (χ3n) is 2.13. The molecule has 0 heterocycles. The fourth-order valence-corrected chi connectivity index (χ4v) is 3.29. The van der Waals surface area contributed by atoms with Gasteiger partial charge in [0.25, 0.3) is 0 Å². The van der Waals surface area contributed by atoms with E-state index in [9.17, 15) is 24.6 Å². The number of hydrogen-bond donors (Lipinski definition) is 0. The Morgan fingerprint density at radius 1 is 0.846 bits per heavy atom. The average molecular weight is 234 g/mol. The Morgan fingerprint density at radius 2 is 1.15 bits per heavy atom. The van der Waals surface area contributed by atoms with E-state index in [1.807, 2.05) is 0 Å². The minimum Gasteiger partial charge on any atom is -0.195 e. The largest absolute Gasteiger partial charge is 0.305 e. The number of halogens is 2. The minimum absolute atomic E-state index is 0.132. The van der Waals surface area contributed by atoms with Gasteiger partial charge in [0, 0.05) is 0 Å². The van der Waals surface area contributed by atoms with Crippen molar-refractivity contribution in [2.45, 2.75) is 29.8 Å². The first-order valence-corrected chi connectivity index (χ1v) is 6.47. The smallest absolute Gasteiger partial charge is 0.195 e. The topological polar surface area (TPSA) is 68.3 Å². The van der Waals surface area contributed by atoms with E-state index >= 15 is 0 Å². The van der Waals surface area contributed by atoms with Gasteiger partial charge in [-0.1, -0.05) is 0 Å². The molecule has 0 bridgehead atoms. The van der Waals surface area contributed by atoms with Gasteiger partial charge in [-0.3, -0.25) is 0 Å². The van der Waals surface area contributed by atoms with Gasteiger partial charge in [-0.15, -0.1) is 7.77 Å². The molecule has 0 aromatic rings. The maximum atomic E-state index is 12.3. The van der Waals surface area contributed by atoms with Gasteiger partial charge >= 0.3 is 20.4 Å². The lowest BCUT2D eigenvalue weighted by Crippen LogP contribution is -2.17. The van der Waals surface area contributed by atoms with Crippen LogP contribution in [-0.4, -0.2) is 27.3 Å². The maximum Gasteiger partial charge on any atom is 0.305 e. The van der Waals surface area contributed by atoms with E-state index in [2.05, 4.69) is 0 Å². The van der Waals surface area contributed by atoms with Crippen LogP contribution in [0.4, 0.5) is 7.77 Å². The van der Waals surface area contributed by atoms with E-state index in [1.165, 1.54) is 0 Å². The van der Waals surface area contributed by atoms with Gasteiger partial charge in [-0.2, -0.15) is 16.8 Å². The summed E-state index contributed by atoms with van der Waals surface area (Å²) in [7, 11) is -9.45. The lowest BCUT2D eigenvalue weighted by Gasteiger charge is -2.02. The van der Waals surface area contributed by atoms with Gasteiger partial charge in [0.05, 0.1) is 10.5 Å². The van der Waals surface area contributed by atoms with Crippen LogP contribution in [0.15, 0.2) is 0 Å². The molecule has 0 aromatic heterocycles. The molecule has 1 rings (SSSR count). The number of hydrogen-bond acceptors (Lipinski definition) is 4. The highest BCUT2D eigenvalue weighted by Gasteiger charge is 2.40. The van der Waals surface area contributed by atoms with Crippen molar-refractivity contribution in [1.29, 1.82) is 0 Å². The molecule has 0 radical (unpaired) electrons. The standard InChI is InChI=1S/C5H8F2O4S2/c6-12(8,9)4-1-2-5(3-4)13(7,10)11/h4-5H,1-3H2. The summed E-state index contributed by atoms with van der Waals surface area (Å²) in [5.74, 6) is 0. The lowest BCUT2D eigenvalue weighted by molar-refractivity contribution is 0.529. The molecule has 0 spiro atoms. The van der Waals surface area contributed by atoms with Crippen LogP contribution in [0.1, 0.15) is 19.3 Å². The Kier molecular flexibility index (Phi) is 2.63. The number of rotatable bonds is 2. The SMILES string of the molecule is O=S(=O)(F)C1CCC(S(=O)(=O)F)C1. The zero-order chi connectivity index (χ0) is 10.3. The molecule has 78 valence electrons. The average Bonchev–Trinajstić information content (AvgIpc) is 2.28. The summed E-state index contributed by atoms with van der Waals surface area (Å²) in [5.41, 5.74) is 0. The van der Waals surface area contributed by atoms with Crippen LogP contribution >= 0.6 is 0 Å². The van der Waals surface area contributed by atoms with Crippen molar-refractivity contribution in [2.24, 2.45) is 0 Å². The quantitative estimate of drug-likeness (QED) is 0.653. The molecule has 1 fully saturated rings. The first-order chi connectivity index (χ1) is 5.71. The van der Waals surface area contributed by atoms with E-state index in [0.29, 0.717) is 0 Å². The van der Waals surface area contributed by atoms with E-state index < -0.39 is 37.4 Å². The molecule has 4 nitrogen and oxygen atoms in total. The maximum absolute atomic E-state index is 12.3. The molecule has 0 aromatic carbocycles. The molecule has 1 aliphatic carbocycles. The van der Waals surface area contributed by atoms with Crippen LogP contribution in [0.2, 0.25) is 0 Å². The highest BCUT2D eigenvalue weighted by Crippen LogP contribution is 2.31. The van der Waals surface area contributed by atoms with Crippen LogP contribution in [-0.2, 0) is 20.4 Å². The normalized spacial score (nSPS) is 30.6. The molecule has 0 aliphatic heterocycles. The minimum atomic E-state index is -4.73. The first kappa shape index (κ1) is 10.8. The third kappa shape index (κ3) is 2.60. The molecule has 2 atom stereocenters. The Bertz CT molecular complexity index is 347. The third-order valence-corrected chi connectivity index (χ3v) is 4.58. The second-order valence-electron chi connectivity index (χ2n) is 3.01. The first-order valence-electron chi connectivity index (χ1n) is 3.58. The summed E-state index contributed by atoms with van der Waals surface area (Å²) in [4.78, 5) is 0. The van der Waals surface area contributed by atoms with Gasteiger partial charge in [0.2, 0.25) is 0 Å². The van der Waals surface area contributed by atoms with Crippen LogP contribution in [0.25, 0.3) is 0 Å². The summed E-state index contributed by atoms with van der Waals surface area (Å²) in [5, 5.41) is -2.72. The second-order valence-corrected chi connectivity index (χ2v) is 6.24. The van der Waals surface area contributed by atoms with E-state index in [1.54, 1.807) is 0 Å². The molecule has 13 heavy (non-hydrogen) atoms. The molecule has 2 unspecified atom stereocenters. The van der Waals surface area contributed by atoms with Crippen molar-refractivity contribution in [2.75, 3.05) is 0 Å². The Labute approximate surface area is 75.4 Å². The van der Waals surface area contributed by atoms with Crippen LogP contribution in [0.5, 0.6) is 0 Å².